The minimum absolute atomic E-state index is 0.0719. The van der Waals surface area contributed by atoms with Gasteiger partial charge in [0, 0.05) is 24.8 Å². The average Bonchev–Trinajstić information content (AvgIpc) is 2.74. The lowest BCUT2D eigenvalue weighted by Gasteiger charge is -2.14. The van der Waals surface area contributed by atoms with Crippen molar-refractivity contribution in [3.8, 4) is 5.75 Å². The Balaban J connectivity index is 1.86. The number of likely N-dealkylation sites (tertiary alicyclic amines) is 1. The number of anilines is 1. The third-order valence-electron chi connectivity index (χ3n) is 2.97. The molecule has 98 valence electrons. The van der Waals surface area contributed by atoms with Gasteiger partial charge in [-0.05, 0) is 18.6 Å². The molecule has 2 N–H and O–H groups in total. The molecule has 1 saturated heterocycles. The molecule has 2 rings (SSSR count). The molecule has 0 unspecified atom stereocenters. The van der Waals surface area contributed by atoms with Crippen molar-refractivity contribution < 1.29 is 14.6 Å². The predicted octanol–water partition coefficient (Wildman–Crippen LogP) is 0.700. The molecule has 0 saturated carbocycles. The van der Waals surface area contributed by atoms with Gasteiger partial charge in [-0.15, -0.1) is 0 Å². The van der Waals surface area contributed by atoms with Gasteiger partial charge in [0.05, 0.1) is 19.8 Å². The van der Waals surface area contributed by atoms with Crippen LogP contribution in [-0.4, -0.2) is 48.8 Å². The zero-order valence-electron chi connectivity index (χ0n) is 10.4. The van der Waals surface area contributed by atoms with Crippen molar-refractivity contribution in [1.29, 1.82) is 0 Å². The first-order chi connectivity index (χ1) is 8.67. The molecule has 5 heteroatoms. The molecule has 1 aliphatic rings. The fourth-order valence-electron chi connectivity index (χ4n) is 2.06. The number of methoxy groups -OCH3 is 1. The molecular formula is C13H18N2O3. The summed E-state index contributed by atoms with van der Waals surface area (Å²) in [5.74, 6) is 0.641. The summed E-state index contributed by atoms with van der Waals surface area (Å²) in [6.07, 6.45) is 0.446. The molecule has 1 aromatic rings. The highest BCUT2D eigenvalue weighted by Gasteiger charge is 2.21. The van der Waals surface area contributed by atoms with Crippen LogP contribution in [0.5, 0.6) is 5.75 Å². The Labute approximate surface area is 106 Å². The van der Waals surface area contributed by atoms with Gasteiger partial charge in [-0.3, -0.25) is 9.69 Å². The number of amides is 1. The number of aliphatic hydroxyl groups is 1. The zero-order valence-corrected chi connectivity index (χ0v) is 10.4. The first-order valence-electron chi connectivity index (χ1n) is 6.01. The molecule has 1 aliphatic heterocycles. The number of ether oxygens (including phenoxy) is 1. The van der Waals surface area contributed by atoms with E-state index in [0.717, 1.165) is 18.7 Å². The van der Waals surface area contributed by atoms with Gasteiger partial charge in [0.1, 0.15) is 5.75 Å². The lowest BCUT2D eigenvalue weighted by Crippen LogP contribution is -2.32. The number of nitrogens with one attached hydrogen (secondary N) is 1. The number of carbonyl (C=O) groups is 1. The fourth-order valence-corrected chi connectivity index (χ4v) is 2.06. The summed E-state index contributed by atoms with van der Waals surface area (Å²) >= 11 is 0. The quantitative estimate of drug-likeness (QED) is 0.826. The monoisotopic (exact) mass is 250 g/mol. The second-order valence-electron chi connectivity index (χ2n) is 4.46. The highest BCUT2D eigenvalue weighted by atomic mass is 16.5. The topological polar surface area (TPSA) is 61.8 Å². The molecule has 0 radical (unpaired) electrons. The van der Waals surface area contributed by atoms with E-state index in [1.807, 2.05) is 23.1 Å². The molecule has 1 fully saturated rings. The average molecular weight is 250 g/mol. The first kappa shape index (κ1) is 12.9. The Morgan fingerprint density at radius 1 is 1.61 bits per heavy atom. The van der Waals surface area contributed by atoms with Gasteiger partial charge in [0.25, 0.3) is 0 Å². The predicted molar refractivity (Wildman–Crippen MR) is 68.7 cm³/mol. The zero-order chi connectivity index (χ0) is 13.0. The normalized spacial score (nSPS) is 19.8. The highest BCUT2D eigenvalue weighted by molar-refractivity contribution is 5.92. The second-order valence-corrected chi connectivity index (χ2v) is 4.46. The minimum atomic E-state index is -0.297. The van der Waals surface area contributed by atoms with E-state index in [1.54, 1.807) is 13.2 Å². The van der Waals surface area contributed by atoms with E-state index in [9.17, 15) is 9.90 Å². The minimum Gasteiger partial charge on any atom is -0.497 e. The Hall–Kier alpha value is -1.59. The SMILES string of the molecule is COc1cccc(NC(=O)CN2CC[C@H](O)C2)c1. The lowest BCUT2D eigenvalue weighted by atomic mass is 10.3. The Bertz CT molecular complexity index is 422. The van der Waals surface area contributed by atoms with Gasteiger partial charge >= 0.3 is 0 Å². The molecule has 1 amide bonds. The van der Waals surface area contributed by atoms with E-state index >= 15 is 0 Å². The van der Waals surface area contributed by atoms with Crippen LogP contribution in [-0.2, 0) is 4.79 Å². The molecule has 1 atom stereocenters. The number of hydrogen-bond donors (Lipinski definition) is 2. The number of benzene rings is 1. The second kappa shape index (κ2) is 5.84. The van der Waals surface area contributed by atoms with E-state index in [0.29, 0.717) is 18.8 Å². The fraction of sp³-hybridized carbons (Fsp3) is 0.462. The van der Waals surface area contributed by atoms with Crippen molar-refractivity contribution in [3.05, 3.63) is 24.3 Å². The van der Waals surface area contributed by atoms with Gasteiger partial charge < -0.3 is 15.2 Å². The van der Waals surface area contributed by atoms with Crippen molar-refractivity contribution in [1.82, 2.24) is 4.90 Å². The van der Waals surface area contributed by atoms with Gasteiger partial charge in [-0.25, -0.2) is 0 Å². The summed E-state index contributed by atoms with van der Waals surface area (Å²) in [6.45, 7) is 1.66. The van der Waals surface area contributed by atoms with E-state index in [4.69, 9.17) is 4.74 Å². The van der Waals surface area contributed by atoms with Crippen molar-refractivity contribution in [3.63, 3.8) is 0 Å². The molecule has 18 heavy (non-hydrogen) atoms. The summed E-state index contributed by atoms with van der Waals surface area (Å²) in [5, 5.41) is 12.2. The van der Waals surface area contributed by atoms with Crippen LogP contribution < -0.4 is 10.1 Å². The third kappa shape index (κ3) is 3.45. The van der Waals surface area contributed by atoms with Crippen LogP contribution >= 0.6 is 0 Å². The number of carbonyl (C=O) groups excluding carboxylic acids is 1. The number of hydrogen-bond acceptors (Lipinski definition) is 4. The van der Waals surface area contributed by atoms with Crippen LogP contribution in [0.2, 0.25) is 0 Å². The lowest BCUT2D eigenvalue weighted by molar-refractivity contribution is -0.117. The summed E-state index contributed by atoms with van der Waals surface area (Å²) in [4.78, 5) is 13.7. The largest absolute Gasteiger partial charge is 0.497 e. The van der Waals surface area contributed by atoms with Crippen LogP contribution in [0.3, 0.4) is 0 Å². The Kier molecular flexibility index (Phi) is 4.17. The standard InChI is InChI=1S/C13H18N2O3/c1-18-12-4-2-3-10(7-12)14-13(17)9-15-6-5-11(16)8-15/h2-4,7,11,16H,5-6,8-9H2,1H3,(H,14,17)/t11-/m0/s1. The van der Waals surface area contributed by atoms with Gasteiger partial charge in [0.15, 0.2) is 0 Å². The Morgan fingerprint density at radius 3 is 3.11 bits per heavy atom. The molecule has 0 spiro atoms. The van der Waals surface area contributed by atoms with Crippen LogP contribution in [0.1, 0.15) is 6.42 Å². The summed E-state index contributed by atoms with van der Waals surface area (Å²) < 4.78 is 5.09. The molecule has 0 aromatic heterocycles. The van der Waals surface area contributed by atoms with Crippen molar-refractivity contribution in [2.75, 3.05) is 32.1 Å². The van der Waals surface area contributed by atoms with Crippen LogP contribution in [0.15, 0.2) is 24.3 Å². The third-order valence-corrected chi connectivity index (χ3v) is 2.97. The summed E-state index contributed by atoms with van der Waals surface area (Å²) in [7, 11) is 1.59. The maximum atomic E-state index is 11.8. The molecular weight excluding hydrogens is 232 g/mol. The Morgan fingerprint density at radius 2 is 2.44 bits per heavy atom. The number of β-amino-alcohol motifs (C(OH)–C–C–N with tert-alkyl or cyclic N) is 1. The van der Waals surface area contributed by atoms with E-state index < -0.39 is 0 Å². The first-order valence-corrected chi connectivity index (χ1v) is 6.01. The van der Waals surface area contributed by atoms with Crippen molar-refractivity contribution in [2.45, 2.75) is 12.5 Å². The van der Waals surface area contributed by atoms with E-state index in [1.165, 1.54) is 0 Å². The maximum absolute atomic E-state index is 11.8. The van der Waals surface area contributed by atoms with Gasteiger partial charge in [-0.1, -0.05) is 6.07 Å². The highest BCUT2D eigenvalue weighted by Crippen LogP contribution is 2.16. The van der Waals surface area contributed by atoms with Gasteiger partial charge in [0.2, 0.25) is 5.91 Å². The maximum Gasteiger partial charge on any atom is 0.238 e. The van der Waals surface area contributed by atoms with E-state index in [2.05, 4.69) is 5.32 Å². The summed E-state index contributed by atoms with van der Waals surface area (Å²) in [6, 6.07) is 7.25. The number of nitrogens with zero attached hydrogens (tertiary/aromatic N) is 1. The van der Waals surface area contributed by atoms with Crippen molar-refractivity contribution >= 4 is 11.6 Å². The summed E-state index contributed by atoms with van der Waals surface area (Å²) in [5.41, 5.74) is 0.721. The van der Waals surface area contributed by atoms with Crippen molar-refractivity contribution in [2.24, 2.45) is 0 Å². The van der Waals surface area contributed by atoms with Crippen LogP contribution in [0, 0.1) is 0 Å². The smallest absolute Gasteiger partial charge is 0.238 e. The van der Waals surface area contributed by atoms with Gasteiger partial charge in [-0.2, -0.15) is 0 Å². The molecule has 0 bridgehead atoms. The van der Waals surface area contributed by atoms with Crippen LogP contribution in [0.25, 0.3) is 0 Å². The molecule has 1 heterocycles. The molecule has 5 nitrogen and oxygen atoms in total. The molecule has 0 aliphatic carbocycles. The number of aliphatic hydroxyl groups excluding tert-OH is 1. The van der Waals surface area contributed by atoms with E-state index in [-0.39, 0.29) is 12.0 Å². The van der Waals surface area contributed by atoms with Crippen LogP contribution in [0.4, 0.5) is 5.69 Å². The number of rotatable bonds is 4. The molecule has 1 aromatic carbocycles.